The van der Waals surface area contributed by atoms with Gasteiger partial charge in [0.15, 0.2) is 0 Å². The molecule has 0 spiro atoms. The van der Waals surface area contributed by atoms with Gasteiger partial charge in [0.05, 0.1) is 5.41 Å². The van der Waals surface area contributed by atoms with Crippen molar-refractivity contribution in [3.8, 4) is 0 Å². The number of alkyl halides is 1. The molecule has 4 aliphatic carbocycles. The van der Waals surface area contributed by atoms with E-state index in [0.717, 1.165) is 19.3 Å². The second kappa shape index (κ2) is 6.11. The molecule has 4 saturated carbocycles. The zero-order chi connectivity index (χ0) is 18.7. The van der Waals surface area contributed by atoms with Gasteiger partial charge >= 0.3 is 6.09 Å². The molecule has 0 unspecified atom stereocenters. The Morgan fingerprint density at radius 2 is 1.50 bits per heavy atom. The molecular formula is C20H31BrN2O3. The third kappa shape index (κ3) is 3.38. The standard InChI is InChI=1S/C20H31BrN2O3/c1-18(2,3)26-17(25)23-6-4-22(5-7-23)16(24)19-9-14-8-15(10-19)12-20(21,11-14)13-19/h14-15H,4-13H2,1-3H3/t14-,15-,19?,20?/m1/s1. The summed E-state index contributed by atoms with van der Waals surface area (Å²) in [6.45, 7) is 8.05. The lowest BCUT2D eigenvalue weighted by Crippen LogP contribution is -2.61. The molecule has 4 bridgehead atoms. The van der Waals surface area contributed by atoms with E-state index in [1.165, 1.54) is 19.3 Å². The Morgan fingerprint density at radius 3 is 2.00 bits per heavy atom. The smallest absolute Gasteiger partial charge is 0.410 e. The lowest BCUT2D eigenvalue weighted by atomic mass is 9.49. The van der Waals surface area contributed by atoms with Crippen molar-refractivity contribution in [2.24, 2.45) is 17.3 Å². The number of halogens is 1. The van der Waals surface area contributed by atoms with Gasteiger partial charge in [0.25, 0.3) is 0 Å². The lowest BCUT2D eigenvalue weighted by molar-refractivity contribution is -0.157. The van der Waals surface area contributed by atoms with Crippen molar-refractivity contribution in [1.82, 2.24) is 9.80 Å². The van der Waals surface area contributed by atoms with Gasteiger partial charge in [0.2, 0.25) is 5.91 Å². The van der Waals surface area contributed by atoms with E-state index >= 15 is 0 Å². The van der Waals surface area contributed by atoms with Gasteiger partial charge in [-0.3, -0.25) is 4.79 Å². The van der Waals surface area contributed by atoms with E-state index in [9.17, 15) is 9.59 Å². The van der Waals surface area contributed by atoms with Crippen LogP contribution in [0.25, 0.3) is 0 Å². The van der Waals surface area contributed by atoms with Crippen LogP contribution in [-0.4, -0.2) is 57.9 Å². The van der Waals surface area contributed by atoms with E-state index in [1.54, 1.807) is 4.90 Å². The Labute approximate surface area is 164 Å². The van der Waals surface area contributed by atoms with Gasteiger partial charge in [-0.15, -0.1) is 0 Å². The van der Waals surface area contributed by atoms with Crippen LogP contribution < -0.4 is 0 Å². The minimum atomic E-state index is -0.479. The van der Waals surface area contributed by atoms with Crippen LogP contribution in [0.3, 0.4) is 0 Å². The van der Waals surface area contributed by atoms with Gasteiger partial charge < -0.3 is 14.5 Å². The van der Waals surface area contributed by atoms with Crippen molar-refractivity contribution in [1.29, 1.82) is 0 Å². The molecule has 5 nitrogen and oxygen atoms in total. The normalized spacial score (nSPS) is 39.2. The van der Waals surface area contributed by atoms with Crippen molar-refractivity contribution in [2.45, 2.75) is 69.2 Å². The molecule has 0 N–H and O–H groups in total. The second-order valence-electron chi connectivity index (χ2n) is 10.2. The predicted octanol–water partition coefficient (Wildman–Crippen LogP) is 3.80. The fourth-order valence-electron chi connectivity index (χ4n) is 6.15. The molecular weight excluding hydrogens is 396 g/mol. The first-order valence-corrected chi connectivity index (χ1v) is 10.8. The summed E-state index contributed by atoms with van der Waals surface area (Å²) in [6, 6.07) is 0. The summed E-state index contributed by atoms with van der Waals surface area (Å²) in [5.41, 5.74) is -0.630. The summed E-state index contributed by atoms with van der Waals surface area (Å²) < 4.78 is 5.66. The van der Waals surface area contributed by atoms with Crippen LogP contribution in [0.2, 0.25) is 0 Å². The number of piperazine rings is 1. The van der Waals surface area contributed by atoms with E-state index in [4.69, 9.17) is 4.74 Å². The van der Waals surface area contributed by atoms with Crippen LogP contribution >= 0.6 is 15.9 Å². The first kappa shape index (κ1) is 18.6. The Balaban J connectivity index is 1.39. The van der Waals surface area contributed by atoms with Crippen LogP contribution in [0.5, 0.6) is 0 Å². The Morgan fingerprint density at radius 1 is 0.962 bits per heavy atom. The van der Waals surface area contributed by atoms with E-state index in [0.29, 0.717) is 43.9 Å². The van der Waals surface area contributed by atoms with E-state index in [2.05, 4.69) is 15.9 Å². The summed E-state index contributed by atoms with van der Waals surface area (Å²) in [7, 11) is 0. The zero-order valence-corrected chi connectivity index (χ0v) is 17.8. The number of hydrogen-bond acceptors (Lipinski definition) is 3. The summed E-state index contributed by atoms with van der Waals surface area (Å²) >= 11 is 4.00. The van der Waals surface area contributed by atoms with Crippen molar-refractivity contribution < 1.29 is 14.3 Å². The summed E-state index contributed by atoms with van der Waals surface area (Å²) in [5, 5.41) is 0. The van der Waals surface area contributed by atoms with Crippen molar-refractivity contribution in [3.05, 3.63) is 0 Å². The van der Waals surface area contributed by atoms with Gasteiger partial charge in [-0.25, -0.2) is 4.79 Å². The van der Waals surface area contributed by atoms with Crippen molar-refractivity contribution in [2.75, 3.05) is 26.2 Å². The maximum atomic E-state index is 13.5. The third-order valence-electron chi connectivity index (χ3n) is 6.66. The molecule has 0 aromatic carbocycles. The molecule has 1 heterocycles. The Bertz CT molecular complexity index is 593. The number of hydrogen-bond donors (Lipinski definition) is 0. The first-order valence-electron chi connectivity index (χ1n) is 10.0. The van der Waals surface area contributed by atoms with Crippen molar-refractivity contribution in [3.63, 3.8) is 0 Å². The highest BCUT2D eigenvalue weighted by Crippen LogP contribution is 2.64. The average Bonchev–Trinajstić information content (AvgIpc) is 2.50. The Kier molecular flexibility index (Phi) is 4.37. The maximum Gasteiger partial charge on any atom is 0.410 e. The molecule has 5 fully saturated rings. The molecule has 6 heteroatoms. The molecule has 2 amide bonds. The third-order valence-corrected chi connectivity index (χ3v) is 7.59. The summed E-state index contributed by atoms with van der Waals surface area (Å²) in [6.07, 6.45) is 6.67. The number of rotatable bonds is 1. The molecule has 26 heavy (non-hydrogen) atoms. The highest BCUT2D eigenvalue weighted by Gasteiger charge is 2.60. The zero-order valence-electron chi connectivity index (χ0n) is 16.2. The van der Waals surface area contributed by atoms with Gasteiger partial charge in [-0.1, -0.05) is 15.9 Å². The molecule has 1 saturated heterocycles. The number of amides is 2. The predicted molar refractivity (Wildman–Crippen MR) is 103 cm³/mol. The average molecular weight is 427 g/mol. The number of nitrogens with zero attached hydrogens (tertiary/aromatic N) is 2. The molecule has 1 aliphatic heterocycles. The monoisotopic (exact) mass is 426 g/mol. The van der Waals surface area contributed by atoms with Gasteiger partial charge in [0.1, 0.15) is 5.60 Å². The Hall–Kier alpha value is -0.780. The summed E-state index contributed by atoms with van der Waals surface area (Å²) in [5.74, 6) is 1.77. The van der Waals surface area contributed by atoms with Crippen LogP contribution in [0.15, 0.2) is 0 Å². The van der Waals surface area contributed by atoms with Gasteiger partial charge in [-0.2, -0.15) is 0 Å². The largest absolute Gasteiger partial charge is 0.444 e. The molecule has 0 aromatic heterocycles. The van der Waals surface area contributed by atoms with E-state index < -0.39 is 5.60 Å². The van der Waals surface area contributed by atoms with E-state index in [1.807, 2.05) is 25.7 Å². The summed E-state index contributed by atoms with van der Waals surface area (Å²) in [4.78, 5) is 29.5. The SMILES string of the molecule is CC(C)(C)OC(=O)N1CCN(C(=O)C23C[C@H]4C[C@@H](CC(Br)(C4)C2)C3)CC1. The van der Waals surface area contributed by atoms with Crippen LogP contribution in [0.4, 0.5) is 4.79 Å². The second-order valence-corrected chi connectivity index (χ2v) is 11.8. The number of carbonyl (C=O) groups excluding carboxylic acids is 2. The highest BCUT2D eigenvalue weighted by atomic mass is 79.9. The molecule has 146 valence electrons. The topological polar surface area (TPSA) is 49.9 Å². The molecule has 5 aliphatic rings. The number of carbonyl (C=O) groups is 2. The highest BCUT2D eigenvalue weighted by molar-refractivity contribution is 9.10. The number of ether oxygens (including phenoxy) is 1. The fraction of sp³-hybridized carbons (Fsp3) is 0.900. The molecule has 0 aromatic rings. The van der Waals surface area contributed by atoms with Gasteiger partial charge in [0, 0.05) is 30.5 Å². The van der Waals surface area contributed by atoms with E-state index in [-0.39, 0.29) is 15.8 Å². The van der Waals surface area contributed by atoms with Crippen LogP contribution in [0.1, 0.15) is 59.3 Å². The van der Waals surface area contributed by atoms with Crippen LogP contribution in [-0.2, 0) is 9.53 Å². The fourth-order valence-corrected chi connectivity index (χ4v) is 7.61. The van der Waals surface area contributed by atoms with Crippen molar-refractivity contribution >= 4 is 27.9 Å². The van der Waals surface area contributed by atoms with Gasteiger partial charge in [-0.05, 0) is 71.1 Å². The molecule has 0 radical (unpaired) electrons. The maximum absolute atomic E-state index is 13.5. The first-order chi connectivity index (χ1) is 12.1. The molecule has 5 rings (SSSR count). The van der Waals surface area contributed by atoms with Crippen LogP contribution in [0, 0.1) is 17.3 Å². The lowest BCUT2D eigenvalue weighted by Gasteiger charge is -2.60. The minimum Gasteiger partial charge on any atom is -0.444 e. The molecule has 2 atom stereocenters. The quantitative estimate of drug-likeness (QED) is 0.599. The minimum absolute atomic E-state index is 0.151.